The minimum absolute atomic E-state index is 0. The largest absolute Gasteiger partial charge is 0.369 e. The van der Waals surface area contributed by atoms with E-state index in [0.717, 1.165) is 5.56 Å². The summed E-state index contributed by atoms with van der Waals surface area (Å²) in [5.74, 6) is -0.162. The summed E-state index contributed by atoms with van der Waals surface area (Å²) in [4.78, 5) is 0. The van der Waals surface area contributed by atoms with Gasteiger partial charge in [-0.15, -0.1) is 12.4 Å². The molecule has 1 aromatic carbocycles. The lowest BCUT2D eigenvalue weighted by Gasteiger charge is -2.00. The van der Waals surface area contributed by atoms with Crippen molar-refractivity contribution >= 4 is 24.6 Å². The summed E-state index contributed by atoms with van der Waals surface area (Å²) in [5.41, 5.74) is 10.9. The van der Waals surface area contributed by atoms with Crippen LogP contribution in [-0.2, 0) is 0 Å². The van der Waals surface area contributed by atoms with E-state index in [1.165, 1.54) is 11.1 Å². The van der Waals surface area contributed by atoms with E-state index in [1.807, 2.05) is 25.1 Å². The van der Waals surface area contributed by atoms with E-state index in [9.17, 15) is 0 Å². The molecule has 0 aliphatic carbocycles. The van der Waals surface area contributed by atoms with Crippen molar-refractivity contribution in [2.75, 3.05) is 0 Å². The van der Waals surface area contributed by atoms with Gasteiger partial charge in [-0.2, -0.15) is 5.10 Å². The number of halogens is 1. The first kappa shape index (κ1) is 13.4. The first-order chi connectivity index (χ1) is 6.59. The van der Waals surface area contributed by atoms with Crippen molar-refractivity contribution in [2.24, 2.45) is 10.8 Å². The van der Waals surface area contributed by atoms with Crippen LogP contribution in [-0.4, -0.2) is 12.2 Å². The number of benzene rings is 1. The Bertz CT molecular complexity index is 374. The Morgan fingerprint density at radius 1 is 1.40 bits per heavy atom. The Hall–Kier alpha value is -1.55. The zero-order valence-electron chi connectivity index (χ0n) is 8.74. The van der Waals surface area contributed by atoms with E-state index in [-0.39, 0.29) is 18.4 Å². The molecule has 4 N–H and O–H groups in total. The van der Waals surface area contributed by atoms with E-state index in [2.05, 4.69) is 17.5 Å². The van der Waals surface area contributed by atoms with Crippen molar-refractivity contribution in [1.29, 1.82) is 5.41 Å². The highest BCUT2D eigenvalue weighted by Gasteiger charge is 1.92. The van der Waals surface area contributed by atoms with Gasteiger partial charge in [-0.3, -0.25) is 5.41 Å². The van der Waals surface area contributed by atoms with Crippen molar-refractivity contribution < 1.29 is 0 Å². The average Bonchev–Trinajstić information content (AvgIpc) is 2.10. The molecule has 1 rings (SSSR count). The summed E-state index contributed by atoms with van der Waals surface area (Å²) in [6.45, 7) is 4.11. The third-order valence-corrected chi connectivity index (χ3v) is 1.93. The Kier molecular flexibility index (Phi) is 5.41. The van der Waals surface area contributed by atoms with Gasteiger partial charge < -0.3 is 5.73 Å². The van der Waals surface area contributed by atoms with Crippen molar-refractivity contribution in [3.8, 4) is 0 Å². The quantitative estimate of drug-likeness (QED) is 0.407. The summed E-state index contributed by atoms with van der Waals surface area (Å²) < 4.78 is 0. The summed E-state index contributed by atoms with van der Waals surface area (Å²) in [5, 5.41) is 10.7. The number of hydrazone groups is 1. The van der Waals surface area contributed by atoms with Crippen LogP contribution < -0.4 is 11.2 Å². The van der Waals surface area contributed by atoms with E-state index >= 15 is 0 Å². The van der Waals surface area contributed by atoms with Crippen molar-refractivity contribution in [1.82, 2.24) is 5.43 Å². The van der Waals surface area contributed by atoms with Gasteiger partial charge in [0.15, 0.2) is 0 Å². The third-order valence-electron chi connectivity index (χ3n) is 1.93. The molecule has 0 aliphatic rings. The van der Waals surface area contributed by atoms with Gasteiger partial charge in [0.25, 0.3) is 0 Å². The van der Waals surface area contributed by atoms with Crippen LogP contribution in [0.2, 0.25) is 0 Å². The fraction of sp³-hybridized carbons (Fsp3) is 0.200. The van der Waals surface area contributed by atoms with Crippen LogP contribution in [0.15, 0.2) is 23.3 Å². The van der Waals surface area contributed by atoms with Crippen LogP contribution in [0.1, 0.15) is 16.7 Å². The molecule has 82 valence electrons. The van der Waals surface area contributed by atoms with Crippen LogP contribution in [0.3, 0.4) is 0 Å². The van der Waals surface area contributed by atoms with Gasteiger partial charge in [0.05, 0.1) is 6.21 Å². The minimum atomic E-state index is -0.162. The van der Waals surface area contributed by atoms with Gasteiger partial charge in [0, 0.05) is 0 Å². The first-order valence-electron chi connectivity index (χ1n) is 4.30. The molecule has 15 heavy (non-hydrogen) atoms. The summed E-state index contributed by atoms with van der Waals surface area (Å²) in [6.07, 6.45) is 1.63. The Balaban J connectivity index is 0.00000196. The maximum atomic E-state index is 6.89. The molecule has 0 fully saturated rings. The normalized spacial score (nSPS) is 9.73. The lowest BCUT2D eigenvalue weighted by atomic mass is 10.1. The van der Waals surface area contributed by atoms with Gasteiger partial charge >= 0.3 is 0 Å². The molecule has 0 radical (unpaired) electrons. The molecule has 0 aliphatic heterocycles. The van der Waals surface area contributed by atoms with Gasteiger partial charge in [-0.05, 0) is 30.5 Å². The first-order valence-corrected chi connectivity index (χ1v) is 4.30. The van der Waals surface area contributed by atoms with E-state index in [1.54, 1.807) is 6.21 Å². The molecule has 5 heteroatoms. The molecule has 0 saturated heterocycles. The van der Waals surface area contributed by atoms with E-state index in [0.29, 0.717) is 0 Å². The molecule has 0 spiro atoms. The van der Waals surface area contributed by atoms with Crippen molar-refractivity contribution in [3.63, 3.8) is 0 Å². The zero-order valence-corrected chi connectivity index (χ0v) is 9.56. The fourth-order valence-electron chi connectivity index (χ4n) is 1.02. The van der Waals surface area contributed by atoms with Crippen LogP contribution in [0.4, 0.5) is 0 Å². The lowest BCUT2D eigenvalue weighted by Crippen LogP contribution is -2.25. The van der Waals surface area contributed by atoms with Gasteiger partial charge in [0.2, 0.25) is 5.96 Å². The lowest BCUT2D eigenvalue weighted by molar-refractivity contribution is 1.00. The van der Waals surface area contributed by atoms with Crippen LogP contribution in [0.5, 0.6) is 0 Å². The summed E-state index contributed by atoms with van der Waals surface area (Å²) in [7, 11) is 0. The number of nitrogens with zero attached hydrogens (tertiary/aromatic N) is 1. The number of aryl methyl sites for hydroxylation is 2. The summed E-state index contributed by atoms with van der Waals surface area (Å²) in [6, 6.07) is 6.03. The molecular weight excluding hydrogens is 212 g/mol. The van der Waals surface area contributed by atoms with Crippen molar-refractivity contribution in [3.05, 3.63) is 34.9 Å². The third kappa shape index (κ3) is 4.46. The Morgan fingerprint density at radius 3 is 2.60 bits per heavy atom. The smallest absolute Gasteiger partial charge is 0.206 e. The SMILES string of the molecule is Cc1ccc(/C=N/NC(=N)N)cc1C.Cl. The number of nitrogens with one attached hydrogen (secondary N) is 2. The number of nitrogens with two attached hydrogens (primary N) is 1. The molecule has 0 heterocycles. The number of hydrogen-bond acceptors (Lipinski definition) is 2. The Labute approximate surface area is 95.5 Å². The van der Waals surface area contributed by atoms with Crippen LogP contribution in [0.25, 0.3) is 0 Å². The van der Waals surface area contributed by atoms with Gasteiger partial charge in [-0.1, -0.05) is 18.2 Å². The molecule has 0 saturated carbocycles. The van der Waals surface area contributed by atoms with Crippen LogP contribution >= 0.6 is 12.4 Å². The highest BCUT2D eigenvalue weighted by molar-refractivity contribution is 5.85. The van der Waals surface area contributed by atoms with E-state index < -0.39 is 0 Å². The van der Waals surface area contributed by atoms with Crippen LogP contribution in [0, 0.1) is 19.3 Å². The second-order valence-corrected chi connectivity index (χ2v) is 3.13. The van der Waals surface area contributed by atoms with Gasteiger partial charge in [0.1, 0.15) is 0 Å². The second-order valence-electron chi connectivity index (χ2n) is 3.13. The molecule has 4 nitrogen and oxygen atoms in total. The molecule has 1 aromatic rings. The van der Waals surface area contributed by atoms with Gasteiger partial charge in [-0.25, -0.2) is 5.43 Å². The highest BCUT2D eigenvalue weighted by Crippen LogP contribution is 2.07. The molecule has 0 bridgehead atoms. The Morgan fingerprint density at radius 2 is 2.07 bits per heavy atom. The predicted molar refractivity (Wildman–Crippen MR) is 65.8 cm³/mol. The maximum absolute atomic E-state index is 6.89. The molecule has 0 atom stereocenters. The predicted octanol–water partition coefficient (Wildman–Crippen LogP) is 1.54. The zero-order chi connectivity index (χ0) is 10.6. The highest BCUT2D eigenvalue weighted by atomic mass is 35.5. The average molecular weight is 227 g/mol. The maximum Gasteiger partial charge on any atom is 0.206 e. The standard InChI is InChI=1S/C10H14N4.ClH/c1-7-3-4-9(5-8(7)2)6-13-14-10(11)12;/h3-6H,1-2H3,(H4,11,12,14);1H/b13-6+;. The van der Waals surface area contributed by atoms with Crippen molar-refractivity contribution in [2.45, 2.75) is 13.8 Å². The molecular formula is C10H15ClN4. The number of rotatable bonds is 2. The molecule has 0 unspecified atom stereocenters. The summed E-state index contributed by atoms with van der Waals surface area (Å²) >= 11 is 0. The monoisotopic (exact) mass is 226 g/mol. The fourth-order valence-corrected chi connectivity index (χ4v) is 1.02. The second kappa shape index (κ2) is 6.03. The molecule has 0 amide bonds. The van der Waals surface area contributed by atoms with E-state index in [4.69, 9.17) is 11.1 Å². The number of guanidine groups is 1. The number of hydrogen-bond donors (Lipinski definition) is 3. The topological polar surface area (TPSA) is 74.3 Å². The molecule has 0 aromatic heterocycles. The minimum Gasteiger partial charge on any atom is -0.369 e.